The van der Waals surface area contributed by atoms with Crippen LogP contribution in [0.1, 0.15) is 5.56 Å². The molecule has 0 aromatic heterocycles. The van der Waals surface area contributed by atoms with Crippen LogP contribution in [-0.2, 0) is 0 Å². The minimum Gasteiger partial charge on any atom is -0.507 e. The van der Waals surface area contributed by atoms with E-state index in [1.165, 1.54) is 6.21 Å². The van der Waals surface area contributed by atoms with Crippen LogP contribution in [-0.4, -0.2) is 16.5 Å². The number of oxime groups is 1. The summed E-state index contributed by atoms with van der Waals surface area (Å²) in [5.41, 5.74) is 0.506. The monoisotopic (exact) mass is 187 g/mol. The Balaban J connectivity index is 2.75. The van der Waals surface area contributed by atoms with E-state index in [0.717, 1.165) is 10.8 Å². The van der Waals surface area contributed by atoms with Gasteiger partial charge >= 0.3 is 0 Å². The largest absolute Gasteiger partial charge is 0.507 e. The highest BCUT2D eigenvalue weighted by atomic mass is 16.4. The van der Waals surface area contributed by atoms with Crippen molar-refractivity contribution in [2.45, 2.75) is 0 Å². The van der Waals surface area contributed by atoms with Crippen molar-refractivity contribution in [1.82, 2.24) is 0 Å². The Morgan fingerprint density at radius 3 is 2.64 bits per heavy atom. The zero-order valence-corrected chi connectivity index (χ0v) is 7.38. The molecule has 2 aromatic carbocycles. The Kier molecular flexibility index (Phi) is 2.07. The Morgan fingerprint density at radius 1 is 1.07 bits per heavy atom. The average Bonchev–Trinajstić information content (AvgIpc) is 2.23. The van der Waals surface area contributed by atoms with E-state index in [-0.39, 0.29) is 5.75 Å². The van der Waals surface area contributed by atoms with Gasteiger partial charge in [-0.15, -0.1) is 0 Å². The first-order valence-corrected chi connectivity index (χ1v) is 4.21. The van der Waals surface area contributed by atoms with Crippen molar-refractivity contribution in [2.75, 3.05) is 0 Å². The molecule has 0 aliphatic carbocycles. The number of hydrogen-bond donors (Lipinski definition) is 2. The maximum Gasteiger partial charge on any atom is 0.132 e. The summed E-state index contributed by atoms with van der Waals surface area (Å²) in [6, 6.07) is 11.1. The van der Waals surface area contributed by atoms with Gasteiger partial charge in [0.2, 0.25) is 0 Å². The fourth-order valence-corrected chi connectivity index (χ4v) is 1.44. The molecule has 0 amide bonds. The molecule has 2 rings (SSSR count). The molecule has 0 bridgehead atoms. The fraction of sp³-hybridized carbons (Fsp3) is 0. The first-order valence-electron chi connectivity index (χ1n) is 4.21. The molecule has 0 heterocycles. The van der Waals surface area contributed by atoms with Crippen molar-refractivity contribution >= 4 is 17.0 Å². The minimum absolute atomic E-state index is 0.140. The molecule has 0 atom stereocenters. The fourth-order valence-electron chi connectivity index (χ4n) is 1.44. The number of phenolic OH excluding ortho intramolecular Hbond substituents is 1. The van der Waals surface area contributed by atoms with Gasteiger partial charge in [-0.1, -0.05) is 35.5 Å². The summed E-state index contributed by atoms with van der Waals surface area (Å²) in [5.74, 6) is 0.140. The second-order valence-corrected chi connectivity index (χ2v) is 2.97. The van der Waals surface area contributed by atoms with Gasteiger partial charge in [0, 0.05) is 10.9 Å². The summed E-state index contributed by atoms with van der Waals surface area (Å²) < 4.78 is 0. The second kappa shape index (κ2) is 3.38. The zero-order valence-electron chi connectivity index (χ0n) is 7.38. The van der Waals surface area contributed by atoms with Crippen molar-refractivity contribution in [3.05, 3.63) is 42.0 Å². The Hall–Kier alpha value is -2.03. The van der Waals surface area contributed by atoms with Gasteiger partial charge in [-0.25, -0.2) is 0 Å². The van der Waals surface area contributed by atoms with E-state index in [4.69, 9.17) is 5.21 Å². The van der Waals surface area contributed by atoms with Crippen molar-refractivity contribution in [2.24, 2.45) is 5.16 Å². The Labute approximate surface area is 80.9 Å². The van der Waals surface area contributed by atoms with E-state index in [0.29, 0.717) is 5.56 Å². The van der Waals surface area contributed by atoms with Gasteiger partial charge in [-0.3, -0.25) is 0 Å². The lowest BCUT2D eigenvalue weighted by atomic mass is 10.1. The van der Waals surface area contributed by atoms with Crippen molar-refractivity contribution in [1.29, 1.82) is 0 Å². The van der Waals surface area contributed by atoms with Crippen LogP contribution < -0.4 is 0 Å². The number of rotatable bonds is 1. The zero-order chi connectivity index (χ0) is 9.97. The second-order valence-electron chi connectivity index (χ2n) is 2.97. The smallest absolute Gasteiger partial charge is 0.132 e. The molecular weight excluding hydrogens is 178 g/mol. The lowest BCUT2D eigenvalue weighted by Gasteiger charge is -2.02. The van der Waals surface area contributed by atoms with E-state index in [9.17, 15) is 5.11 Å². The van der Waals surface area contributed by atoms with E-state index in [2.05, 4.69) is 5.16 Å². The molecule has 0 unspecified atom stereocenters. The van der Waals surface area contributed by atoms with Crippen LogP contribution in [0.25, 0.3) is 10.8 Å². The Bertz CT molecular complexity index is 492. The number of fused-ring (bicyclic) bond motifs is 1. The van der Waals surface area contributed by atoms with Gasteiger partial charge in [-0.05, 0) is 11.5 Å². The summed E-state index contributed by atoms with van der Waals surface area (Å²) in [6.07, 6.45) is 1.21. The SMILES string of the molecule is O/N=C/c1ccc2ccccc2c1O. The van der Waals surface area contributed by atoms with Crippen LogP contribution in [0.5, 0.6) is 5.75 Å². The predicted molar refractivity (Wildman–Crippen MR) is 55.0 cm³/mol. The lowest BCUT2D eigenvalue weighted by Crippen LogP contribution is -1.83. The van der Waals surface area contributed by atoms with E-state index < -0.39 is 0 Å². The number of phenols is 1. The van der Waals surface area contributed by atoms with Gasteiger partial charge in [0.15, 0.2) is 0 Å². The molecule has 14 heavy (non-hydrogen) atoms. The van der Waals surface area contributed by atoms with Gasteiger partial charge < -0.3 is 10.3 Å². The molecule has 0 spiro atoms. The third-order valence-corrected chi connectivity index (χ3v) is 2.13. The number of hydrogen-bond acceptors (Lipinski definition) is 3. The first-order chi connectivity index (χ1) is 6.83. The molecule has 3 nitrogen and oxygen atoms in total. The molecule has 0 saturated carbocycles. The number of nitrogens with zero attached hydrogens (tertiary/aromatic N) is 1. The molecule has 0 aliphatic rings. The van der Waals surface area contributed by atoms with Gasteiger partial charge in [-0.2, -0.15) is 0 Å². The summed E-state index contributed by atoms with van der Waals surface area (Å²) in [7, 11) is 0. The van der Waals surface area contributed by atoms with Crippen LogP contribution >= 0.6 is 0 Å². The third-order valence-electron chi connectivity index (χ3n) is 2.13. The quantitative estimate of drug-likeness (QED) is 0.409. The van der Waals surface area contributed by atoms with Gasteiger partial charge in [0.1, 0.15) is 5.75 Å². The highest BCUT2D eigenvalue weighted by Crippen LogP contribution is 2.27. The maximum absolute atomic E-state index is 9.78. The molecule has 2 aromatic rings. The molecule has 70 valence electrons. The van der Waals surface area contributed by atoms with Crippen LogP contribution in [0.3, 0.4) is 0 Å². The summed E-state index contributed by atoms with van der Waals surface area (Å²) in [4.78, 5) is 0. The molecular formula is C11H9NO2. The molecule has 3 heteroatoms. The molecule has 0 radical (unpaired) electrons. The highest BCUT2D eigenvalue weighted by Gasteiger charge is 2.03. The topological polar surface area (TPSA) is 52.8 Å². The molecule has 0 aliphatic heterocycles. The van der Waals surface area contributed by atoms with E-state index in [1.54, 1.807) is 6.07 Å². The van der Waals surface area contributed by atoms with Crippen LogP contribution in [0, 0.1) is 0 Å². The highest BCUT2D eigenvalue weighted by molar-refractivity contribution is 5.96. The summed E-state index contributed by atoms with van der Waals surface area (Å²) in [5, 5.41) is 22.8. The first kappa shape index (κ1) is 8.56. The van der Waals surface area contributed by atoms with Crippen LogP contribution in [0.2, 0.25) is 0 Å². The molecule has 0 saturated heterocycles. The third kappa shape index (κ3) is 1.29. The predicted octanol–water partition coefficient (Wildman–Crippen LogP) is 2.35. The van der Waals surface area contributed by atoms with Crippen molar-refractivity contribution < 1.29 is 10.3 Å². The summed E-state index contributed by atoms with van der Waals surface area (Å²) >= 11 is 0. The minimum atomic E-state index is 0.140. The maximum atomic E-state index is 9.78. The summed E-state index contributed by atoms with van der Waals surface area (Å²) in [6.45, 7) is 0. The van der Waals surface area contributed by atoms with Crippen LogP contribution in [0.4, 0.5) is 0 Å². The normalized spacial score (nSPS) is 11.1. The Morgan fingerprint density at radius 2 is 1.86 bits per heavy atom. The van der Waals surface area contributed by atoms with Gasteiger partial charge in [0.25, 0.3) is 0 Å². The number of benzene rings is 2. The van der Waals surface area contributed by atoms with E-state index >= 15 is 0 Å². The average molecular weight is 187 g/mol. The van der Waals surface area contributed by atoms with Gasteiger partial charge in [0.05, 0.1) is 6.21 Å². The number of aromatic hydroxyl groups is 1. The molecule has 0 fully saturated rings. The lowest BCUT2D eigenvalue weighted by molar-refractivity contribution is 0.321. The molecule has 2 N–H and O–H groups in total. The van der Waals surface area contributed by atoms with E-state index in [1.807, 2.05) is 30.3 Å². The van der Waals surface area contributed by atoms with Crippen molar-refractivity contribution in [3.63, 3.8) is 0 Å². The standard InChI is InChI=1S/C11H9NO2/c13-11-9(7-12-14)6-5-8-3-1-2-4-10(8)11/h1-7,13-14H/b12-7+. The van der Waals surface area contributed by atoms with Crippen LogP contribution in [0.15, 0.2) is 41.6 Å². The van der Waals surface area contributed by atoms with Crippen molar-refractivity contribution in [3.8, 4) is 5.75 Å².